The van der Waals surface area contributed by atoms with Crippen molar-refractivity contribution in [1.82, 2.24) is 10.3 Å². The molecule has 1 saturated carbocycles. The molecule has 2 amide bonds. The van der Waals surface area contributed by atoms with Crippen molar-refractivity contribution >= 4 is 17.7 Å². The smallest absolute Gasteiger partial charge is 0.408 e. The first kappa shape index (κ1) is 15.3. The van der Waals surface area contributed by atoms with Crippen LogP contribution in [0, 0.1) is 6.92 Å². The minimum atomic E-state index is -0.855. The molecule has 0 spiro atoms. The fraction of sp³-hybridized carbons (Fsp3) is 0.533. The van der Waals surface area contributed by atoms with E-state index in [4.69, 9.17) is 4.74 Å². The lowest BCUT2D eigenvalue weighted by Crippen LogP contribution is -2.47. The van der Waals surface area contributed by atoms with Gasteiger partial charge in [-0.15, -0.1) is 0 Å². The Balaban J connectivity index is 1.97. The van der Waals surface area contributed by atoms with E-state index in [1.165, 1.54) is 0 Å². The molecule has 0 aromatic carbocycles. The second-order valence-corrected chi connectivity index (χ2v) is 6.41. The van der Waals surface area contributed by atoms with E-state index in [-0.39, 0.29) is 5.91 Å². The number of hydrogen-bond donors (Lipinski definition) is 2. The van der Waals surface area contributed by atoms with Crippen LogP contribution in [-0.2, 0) is 9.53 Å². The first-order valence-corrected chi connectivity index (χ1v) is 6.94. The lowest BCUT2D eigenvalue weighted by atomic mass is 10.2. The van der Waals surface area contributed by atoms with E-state index in [1.54, 1.807) is 33.2 Å². The van der Waals surface area contributed by atoms with Crippen molar-refractivity contribution < 1.29 is 14.3 Å². The lowest BCUT2D eigenvalue weighted by Gasteiger charge is -2.23. The lowest BCUT2D eigenvalue weighted by molar-refractivity contribution is -0.119. The Labute approximate surface area is 124 Å². The zero-order valence-corrected chi connectivity index (χ0v) is 12.8. The van der Waals surface area contributed by atoms with Crippen LogP contribution in [0.4, 0.5) is 10.5 Å². The van der Waals surface area contributed by atoms with Crippen LogP contribution in [0.5, 0.6) is 0 Å². The van der Waals surface area contributed by atoms with Gasteiger partial charge in [0.25, 0.3) is 0 Å². The van der Waals surface area contributed by atoms with Gasteiger partial charge in [-0.3, -0.25) is 9.78 Å². The van der Waals surface area contributed by atoms with Crippen LogP contribution in [0.15, 0.2) is 18.5 Å². The van der Waals surface area contributed by atoms with E-state index in [9.17, 15) is 9.59 Å². The number of nitrogens with zero attached hydrogens (tertiary/aromatic N) is 1. The van der Waals surface area contributed by atoms with Crippen LogP contribution >= 0.6 is 0 Å². The van der Waals surface area contributed by atoms with Crippen molar-refractivity contribution in [1.29, 1.82) is 0 Å². The van der Waals surface area contributed by atoms with Gasteiger partial charge in [-0.1, -0.05) is 0 Å². The number of amides is 2. The van der Waals surface area contributed by atoms with Gasteiger partial charge in [0, 0.05) is 6.20 Å². The molecule has 0 radical (unpaired) electrons. The Morgan fingerprint density at radius 3 is 2.48 bits per heavy atom. The number of aryl methyl sites for hydroxylation is 1. The zero-order valence-electron chi connectivity index (χ0n) is 12.8. The average Bonchev–Trinajstić information content (AvgIpc) is 3.07. The molecular formula is C15H21N3O3. The standard InChI is InChI=1S/C15H21N3O3/c1-10-7-11(9-16-8-10)17-12(19)15(5-6-15)18-13(20)21-14(2,3)4/h7-9H,5-6H2,1-4H3,(H,17,19)(H,18,20). The molecule has 2 N–H and O–H groups in total. The number of carbonyl (C=O) groups excluding carboxylic acids is 2. The summed E-state index contributed by atoms with van der Waals surface area (Å²) in [5.41, 5.74) is 0.137. The van der Waals surface area contributed by atoms with E-state index in [0.29, 0.717) is 18.5 Å². The molecular weight excluding hydrogens is 270 g/mol. The molecule has 0 unspecified atom stereocenters. The number of alkyl carbamates (subject to hydrolysis) is 1. The van der Waals surface area contributed by atoms with Gasteiger partial charge in [0.05, 0.1) is 11.9 Å². The van der Waals surface area contributed by atoms with Gasteiger partial charge < -0.3 is 15.4 Å². The summed E-state index contributed by atoms with van der Waals surface area (Å²) < 4.78 is 5.19. The van der Waals surface area contributed by atoms with Gasteiger partial charge in [0.1, 0.15) is 11.1 Å². The highest BCUT2D eigenvalue weighted by atomic mass is 16.6. The van der Waals surface area contributed by atoms with Crippen LogP contribution in [0.1, 0.15) is 39.2 Å². The number of hydrogen-bond acceptors (Lipinski definition) is 4. The van der Waals surface area contributed by atoms with E-state index in [2.05, 4.69) is 15.6 Å². The molecule has 0 aliphatic heterocycles. The van der Waals surface area contributed by atoms with Gasteiger partial charge in [0.15, 0.2) is 0 Å². The van der Waals surface area contributed by atoms with Crippen molar-refractivity contribution in [3.05, 3.63) is 24.0 Å². The molecule has 0 saturated heterocycles. The predicted molar refractivity (Wildman–Crippen MR) is 78.9 cm³/mol. The maximum absolute atomic E-state index is 12.3. The van der Waals surface area contributed by atoms with Crippen molar-refractivity contribution in [2.45, 2.75) is 51.7 Å². The Morgan fingerprint density at radius 2 is 1.95 bits per heavy atom. The first-order chi connectivity index (χ1) is 9.70. The highest BCUT2D eigenvalue weighted by Gasteiger charge is 2.52. The molecule has 114 valence electrons. The zero-order chi connectivity index (χ0) is 15.7. The highest BCUT2D eigenvalue weighted by Crippen LogP contribution is 2.36. The monoisotopic (exact) mass is 291 g/mol. The SMILES string of the molecule is Cc1cncc(NC(=O)C2(NC(=O)OC(C)(C)C)CC2)c1. The maximum atomic E-state index is 12.3. The minimum Gasteiger partial charge on any atom is -0.444 e. The summed E-state index contributed by atoms with van der Waals surface area (Å²) in [6.45, 7) is 7.24. The third-order valence-electron chi connectivity index (χ3n) is 3.06. The van der Waals surface area contributed by atoms with E-state index < -0.39 is 17.2 Å². The van der Waals surface area contributed by atoms with Crippen LogP contribution in [-0.4, -0.2) is 28.1 Å². The summed E-state index contributed by atoms with van der Waals surface area (Å²) in [7, 11) is 0. The largest absolute Gasteiger partial charge is 0.444 e. The minimum absolute atomic E-state index is 0.235. The quantitative estimate of drug-likeness (QED) is 0.896. The van der Waals surface area contributed by atoms with E-state index in [1.807, 2.05) is 13.0 Å². The summed E-state index contributed by atoms with van der Waals surface area (Å²) in [6.07, 6.45) is 3.93. The Morgan fingerprint density at radius 1 is 1.29 bits per heavy atom. The Bertz CT molecular complexity index is 560. The van der Waals surface area contributed by atoms with Crippen LogP contribution in [0.25, 0.3) is 0 Å². The summed E-state index contributed by atoms with van der Waals surface area (Å²) in [5.74, 6) is -0.235. The maximum Gasteiger partial charge on any atom is 0.408 e. The third-order valence-corrected chi connectivity index (χ3v) is 3.06. The number of rotatable bonds is 3. The molecule has 0 bridgehead atoms. The van der Waals surface area contributed by atoms with E-state index in [0.717, 1.165) is 5.56 Å². The van der Waals surface area contributed by atoms with Crippen molar-refractivity contribution in [3.63, 3.8) is 0 Å². The number of nitrogens with one attached hydrogen (secondary N) is 2. The van der Waals surface area contributed by atoms with Gasteiger partial charge in [-0.2, -0.15) is 0 Å². The summed E-state index contributed by atoms with van der Waals surface area (Å²) in [4.78, 5) is 28.1. The second kappa shape index (κ2) is 5.35. The van der Waals surface area contributed by atoms with Crippen molar-refractivity contribution in [3.8, 4) is 0 Å². The molecule has 2 rings (SSSR count). The Hall–Kier alpha value is -2.11. The molecule has 1 aliphatic rings. The van der Waals surface area contributed by atoms with Crippen LogP contribution in [0.3, 0.4) is 0 Å². The molecule has 21 heavy (non-hydrogen) atoms. The highest BCUT2D eigenvalue weighted by molar-refractivity contribution is 6.02. The fourth-order valence-corrected chi connectivity index (χ4v) is 1.91. The molecule has 6 nitrogen and oxygen atoms in total. The first-order valence-electron chi connectivity index (χ1n) is 6.94. The Kier molecular flexibility index (Phi) is 3.89. The molecule has 1 heterocycles. The molecule has 1 fully saturated rings. The van der Waals surface area contributed by atoms with Crippen molar-refractivity contribution in [2.24, 2.45) is 0 Å². The second-order valence-electron chi connectivity index (χ2n) is 6.41. The molecule has 1 aromatic rings. The number of ether oxygens (including phenoxy) is 1. The normalized spacial score (nSPS) is 16.0. The van der Waals surface area contributed by atoms with Crippen LogP contribution < -0.4 is 10.6 Å². The van der Waals surface area contributed by atoms with Gasteiger partial charge >= 0.3 is 6.09 Å². The van der Waals surface area contributed by atoms with Gasteiger partial charge in [0.2, 0.25) is 5.91 Å². The topological polar surface area (TPSA) is 80.3 Å². The summed E-state index contributed by atoms with van der Waals surface area (Å²) in [6, 6.07) is 1.83. The number of carbonyl (C=O) groups is 2. The molecule has 1 aliphatic carbocycles. The summed E-state index contributed by atoms with van der Waals surface area (Å²) in [5, 5.41) is 5.45. The molecule has 0 atom stereocenters. The van der Waals surface area contributed by atoms with Crippen molar-refractivity contribution in [2.75, 3.05) is 5.32 Å². The van der Waals surface area contributed by atoms with Gasteiger partial charge in [-0.25, -0.2) is 4.79 Å². The number of anilines is 1. The molecule has 1 aromatic heterocycles. The third kappa shape index (κ3) is 4.18. The number of pyridine rings is 1. The predicted octanol–water partition coefficient (Wildman–Crippen LogP) is 2.39. The van der Waals surface area contributed by atoms with E-state index >= 15 is 0 Å². The average molecular weight is 291 g/mol. The number of aromatic nitrogens is 1. The summed E-state index contributed by atoms with van der Waals surface area (Å²) >= 11 is 0. The fourth-order valence-electron chi connectivity index (χ4n) is 1.91. The van der Waals surface area contributed by atoms with Crippen LogP contribution in [0.2, 0.25) is 0 Å². The molecule has 6 heteroatoms. The van der Waals surface area contributed by atoms with Gasteiger partial charge in [-0.05, 0) is 52.2 Å².